The van der Waals surface area contributed by atoms with Gasteiger partial charge in [-0.3, -0.25) is 0 Å². The lowest BCUT2D eigenvalue weighted by molar-refractivity contribution is -0.139. The monoisotopic (exact) mass is 271 g/mol. The molecular formula is C10H13ClF3NS. The van der Waals surface area contributed by atoms with Gasteiger partial charge < -0.3 is 5.32 Å². The van der Waals surface area contributed by atoms with E-state index in [0.29, 0.717) is 4.34 Å². The summed E-state index contributed by atoms with van der Waals surface area (Å²) in [5.41, 5.74) is 0.920. The molecule has 0 aromatic carbocycles. The lowest BCUT2D eigenvalue weighted by Gasteiger charge is -2.20. The molecule has 0 aliphatic heterocycles. The van der Waals surface area contributed by atoms with Crippen LogP contribution in [-0.4, -0.2) is 12.2 Å². The van der Waals surface area contributed by atoms with Crippen LogP contribution in [0.5, 0.6) is 0 Å². The van der Waals surface area contributed by atoms with Crippen LogP contribution >= 0.6 is 22.9 Å². The summed E-state index contributed by atoms with van der Waals surface area (Å²) in [5, 5.41) is 4.74. The lowest BCUT2D eigenvalue weighted by atomic mass is 10.1. The van der Waals surface area contributed by atoms with E-state index < -0.39 is 18.6 Å². The fraction of sp³-hybridized carbons (Fsp3) is 0.600. The number of thiophene rings is 1. The summed E-state index contributed by atoms with van der Waals surface area (Å²) in [5.74, 6) is 0. The summed E-state index contributed by atoms with van der Waals surface area (Å²) < 4.78 is 37.0. The summed E-state index contributed by atoms with van der Waals surface area (Å²) in [6.45, 7) is 3.35. The van der Waals surface area contributed by atoms with Gasteiger partial charge in [0.05, 0.1) is 10.8 Å². The van der Waals surface area contributed by atoms with Crippen LogP contribution in [0.15, 0.2) is 11.4 Å². The molecule has 0 amide bonds. The van der Waals surface area contributed by atoms with Crippen molar-refractivity contribution < 1.29 is 13.2 Å². The lowest BCUT2D eigenvalue weighted by Crippen LogP contribution is -2.32. The minimum Gasteiger partial charge on any atom is -0.307 e. The maximum absolute atomic E-state index is 12.1. The van der Waals surface area contributed by atoms with Crippen LogP contribution in [0.25, 0.3) is 0 Å². The summed E-state index contributed by atoms with van der Waals surface area (Å²) in [7, 11) is 0. The molecule has 92 valence electrons. The Hall–Kier alpha value is -0.260. The van der Waals surface area contributed by atoms with Crippen molar-refractivity contribution in [3.05, 3.63) is 21.3 Å². The molecule has 0 bridgehead atoms. The van der Waals surface area contributed by atoms with Crippen molar-refractivity contribution in [1.29, 1.82) is 0 Å². The third-order valence-corrected chi connectivity index (χ3v) is 3.27. The van der Waals surface area contributed by atoms with E-state index in [1.807, 2.05) is 12.3 Å². The van der Waals surface area contributed by atoms with Crippen LogP contribution in [0.3, 0.4) is 0 Å². The van der Waals surface area contributed by atoms with Gasteiger partial charge in [0.2, 0.25) is 0 Å². The Morgan fingerprint density at radius 3 is 2.50 bits per heavy atom. The van der Waals surface area contributed by atoms with E-state index in [4.69, 9.17) is 11.6 Å². The fourth-order valence-electron chi connectivity index (χ4n) is 1.48. The molecule has 2 atom stereocenters. The second-order valence-corrected chi connectivity index (χ2v) is 5.34. The fourth-order valence-corrected chi connectivity index (χ4v) is 2.46. The molecule has 1 aromatic heterocycles. The molecule has 1 N–H and O–H groups in total. The van der Waals surface area contributed by atoms with Gasteiger partial charge in [0.1, 0.15) is 0 Å². The number of rotatable bonds is 4. The topological polar surface area (TPSA) is 12.0 Å². The van der Waals surface area contributed by atoms with E-state index in [9.17, 15) is 13.2 Å². The molecule has 6 heteroatoms. The Balaban J connectivity index is 2.48. The molecule has 16 heavy (non-hydrogen) atoms. The van der Waals surface area contributed by atoms with Crippen molar-refractivity contribution in [3.63, 3.8) is 0 Å². The van der Waals surface area contributed by atoms with Gasteiger partial charge in [-0.25, -0.2) is 0 Å². The number of hydrogen-bond donors (Lipinski definition) is 1. The minimum atomic E-state index is -4.13. The van der Waals surface area contributed by atoms with Crippen LogP contribution in [-0.2, 0) is 0 Å². The second-order valence-electron chi connectivity index (χ2n) is 3.79. The van der Waals surface area contributed by atoms with Crippen LogP contribution in [0, 0.1) is 0 Å². The van der Waals surface area contributed by atoms with Crippen molar-refractivity contribution in [3.8, 4) is 0 Å². The molecule has 1 aromatic rings. The van der Waals surface area contributed by atoms with E-state index in [1.54, 1.807) is 6.07 Å². The highest BCUT2D eigenvalue weighted by Gasteiger charge is 2.30. The predicted molar refractivity (Wildman–Crippen MR) is 61.0 cm³/mol. The Morgan fingerprint density at radius 1 is 1.44 bits per heavy atom. The van der Waals surface area contributed by atoms with Crippen LogP contribution in [0.2, 0.25) is 4.34 Å². The third-order valence-electron chi connectivity index (χ3n) is 2.16. The van der Waals surface area contributed by atoms with Gasteiger partial charge in [0.25, 0.3) is 0 Å². The SMILES string of the molecule is CC(CC(F)(F)F)NC(C)c1csc(Cl)c1. The third kappa shape index (κ3) is 4.72. The van der Waals surface area contributed by atoms with Gasteiger partial charge in [0, 0.05) is 12.1 Å². The van der Waals surface area contributed by atoms with E-state index in [0.717, 1.165) is 5.56 Å². The summed E-state index contributed by atoms with van der Waals surface area (Å²) in [4.78, 5) is 0. The highest BCUT2D eigenvalue weighted by atomic mass is 35.5. The number of hydrogen-bond acceptors (Lipinski definition) is 2. The average molecular weight is 272 g/mol. The first-order valence-corrected chi connectivity index (χ1v) is 6.10. The number of alkyl halides is 3. The van der Waals surface area contributed by atoms with E-state index >= 15 is 0 Å². The highest BCUT2D eigenvalue weighted by Crippen LogP contribution is 2.26. The normalized spacial score (nSPS) is 16.1. The Morgan fingerprint density at radius 2 is 2.06 bits per heavy atom. The van der Waals surface area contributed by atoms with Crippen molar-refractivity contribution >= 4 is 22.9 Å². The summed E-state index contributed by atoms with van der Waals surface area (Å²) in [6.07, 6.45) is -4.95. The van der Waals surface area contributed by atoms with Crippen molar-refractivity contribution in [2.45, 2.75) is 38.5 Å². The number of halogens is 4. The van der Waals surface area contributed by atoms with Crippen molar-refractivity contribution in [2.24, 2.45) is 0 Å². The molecule has 0 saturated heterocycles. The second kappa shape index (κ2) is 5.38. The quantitative estimate of drug-likeness (QED) is 0.856. The van der Waals surface area contributed by atoms with Crippen LogP contribution in [0.4, 0.5) is 13.2 Å². The maximum atomic E-state index is 12.1. The molecular weight excluding hydrogens is 259 g/mol. The first-order chi connectivity index (χ1) is 7.28. The summed E-state index contributed by atoms with van der Waals surface area (Å²) in [6, 6.07) is 1.04. The molecule has 0 spiro atoms. The van der Waals surface area contributed by atoms with Crippen LogP contribution < -0.4 is 5.32 Å². The minimum absolute atomic E-state index is 0.124. The average Bonchev–Trinajstić information content (AvgIpc) is 2.47. The smallest absolute Gasteiger partial charge is 0.307 e. The Bertz CT molecular complexity index is 337. The van der Waals surface area contributed by atoms with Gasteiger partial charge in [-0.1, -0.05) is 11.6 Å². The van der Waals surface area contributed by atoms with Gasteiger partial charge in [-0.2, -0.15) is 13.2 Å². The first kappa shape index (κ1) is 13.8. The largest absolute Gasteiger partial charge is 0.390 e. The zero-order valence-electron chi connectivity index (χ0n) is 8.94. The Kier molecular flexibility index (Phi) is 4.64. The van der Waals surface area contributed by atoms with Gasteiger partial charge in [0.15, 0.2) is 0 Å². The molecule has 1 heterocycles. The van der Waals surface area contributed by atoms with E-state index in [2.05, 4.69) is 5.32 Å². The van der Waals surface area contributed by atoms with Crippen molar-refractivity contribution in [2.75, 3.05) is 0 Å². The van der Waals surface area contributed by atoms with Gasteiger partial charge >= 0.3 is 6.18 Å². The maximum Gasteiger partial charge on any atom is 0.390 e. The molecule has 0 fully saturated rings. The molecule has 2 unspecified atom stereocenters. The molecule has 0 aliphatic carbocycles. The first-order valence-electron chi connectivity index (χ1n) is 4.84. The zero-order valence-corrected chi connectivity index (χ0v) is 10.5. The van der Waals surface area contributed by atoms with E-state index in [1.165, 1.54) is 18.3 Å². The van der Waals surface area contributed by atoms with E-state index in [-0.39, 0.29) is 6.04 Å². The number of nitrogens with one attached hydrogen (secondary N) is 1. The predicted octanol–water partition coefficient (Wildman–Crippen LogP) is 4.39. The molecule has 1 rings (SSSR count). The zero-order chi connectivity index (χ0) is 12.3. The van der Waals surface area contributed by atoms with Crippen LogP contribution in [0.1, 0.15) is 31.9 Å². The molecule has 1 nitrogen and oxygen atoms in total. The standard InChI is InChI=1S/C10H13ClF3NS/c1-6(4-10(12,13)14)15-7(2)8-3-9(11)16-5-8/h3,5-7,15H,4H2,1-2H3. The molecule has 0 radical (unpaired) electrons. The summed E-state index contributed by atoms with van der Waals surface area (Å²) >= 11 is 7.13. The van der Waals surface area contributed by atoms with Gasteiger partial charge in [-0.15, -0.1) is 11.3 Å². The molecule has 0 aliphatic rings. The van der Waals surface area contributed by atoms with Crippen molar-refractivity contribution in [1.82, 2.24) is 5.32 Å². The molecule has 0 saturated carbocycles. The van der Waals surface area contributed by atoms with Gasteiger partial charge in [-0.05, 0) is 30.9 Å². The Labute approximate surface area is 102 Å². The highest BCUT2D eigenvalue weighted by molar-refractivity contribution is 7.14.